The predicted octanol–water partition coefficient (Wildman–Crippen LogP) is 4.89. The largest absolute Gasteiger partial charge is 0.343 e. The molecule has 150 valence electrons. The molecule has 2 heterocycles. The van der Waals surface area contributed by atoms with Crippen molar-refractivity contribution < 1.29 is 4.79 Å². The Morgan fingerprint density at radius 1 is 1.10 bits per heavy atom. The third-order valence-electron chi connectivity index (χ3n) is 5.48. The topological polar surface area (TPSA) is 51.0 Å². The molecule has 2 aromatic heterocycles. The van der Waals surface area contributed by atoms with Gasteiger partial charge in [-0.15, -0.1) is 0 Å². The Balaban J connectivity index is 1.60. The van der Waals surface area contributed by atoms with Gasteiger partial charge in [0.1, 0.15) is 5.69 Å². The minimum Gasteiger partial charge on any atom is -0.343 e. The molecule has 4 rings (SSSR count). The van der Waals surface area contributed by atoms with Crippen molar-refractivity contribution in [3.05, 3.63) is 60.7 Å². The molecule has 5 nitrogen and oxygen atoms in total. The molecule has 0 N–H and O–H groups in total. The lowest BCUT2D eigenvalue weighted by Crippen LogP contribution is -2.29. The Bertz CT molecular complexity index is 958. The van der Waals surface area contributed by atoms with Gasteiger partial charge in [-0.3, -0.25) is 4.79 Å². The van der Waals surface area contributed by atoms with Gasteiger partial charge in [0, 0.05) is 55.4 Å². The molecule has 5 heteroatoms. The first-order valence-electron chi connectivity index (χ1n) is 10.5. The zero-order valence-corrected chi connectivity index (χ0v) is 17.2. The first kappa shape index (κ1) is 19.4. The summed E-state index contributed by atoms with van der Waals surface area (Å²) in [5, 5.41) is 0. The highest BCUT2D eigenvalue weighted by molar-refractivity contribution is 5.94. The molecule has 0 unspecified atom stereocenters. The van der Waals surface area contributed by atoms with E-state index >= 15 is 0 Å². The van der Waals surface area contributed by atoms with Gasteiger partial charge in [-0.1, -0.05) is 43.7 Å². The van der Waals surface area contributed by atoms with Crippen molar-refractivity contribution in [2.45, 2.75) is 39.2 Å². The zero-order valence-electron chi connectivity index (χ0n) is 17.2. The van der Waals surface area contributed by atoms with Crippen molar-refractivity contribution in [2.24, 2.45) is 5.92 Å². The summed E-state index contributed by atoms with van der Waals surface area (Å²) in [5.74, 6) is 1.49. The molecule has 1 amide bonds. The van der Waals surface area contributed by atoms with Gasteiger partial charge in [-0.2, -0.15) is 0 Å². The van der Waals surface area contributed by atoms with Crippen molar-refractivity contribution in [3.8, 4) is 22.5 Å². The van der Waals surface area contributed by atoms with E-state index in [4.69, 9.17) is 0 Å². The fraction of sp³-hybridized carbons (Fsp3) is 0.375. The van der Waals surface area contributed by atoms with Gasteiger partial charge in [-0.05, 0) is 31.2 Å². The number of aromatic nitrogens is 3. The number of hydrogen-bond acceptors (Lipinski definition) is 3. The fourth-order valence-electron chi connectivity index (χ4n) is 3.48. The van der Waals surface area contributed by atoms with Crippen molar-refractivity contribution in [1.82, 2.24) is 19.4 Å². The molecular formula is C24H28N4O. The Morgan fingerprint density at radius 2 is 1.83 bits per heavy atom. The van der Waals surface area contributed by atoms with Crippen LogP contribution in [0.25, 0.3) is 22.5 Å². The minimum absolute atomic E-state index is 0.0900. The van der Waals surface area contributed by atoms with E-state index in [-0.39, 0.29) is 5.91 Å². The summed E-state index contributed by atoms with van der Waals surface area (Å²) in [4.78, 5) is 23.9. The molecule has 29 heavy (non-hydrogen) atoms. The Labute approximate surface area is 172 Å². The van der Waals surface area contributed by atoms with Crippen LogP contribution in [0.4, 0.5) is 0 Å². The number of hydrogen-bond donors (Lipinski definition) is 0. The molecule has 0 bridgehead atoms. The summed E-state index contributed by atoms with van der Waals surface area (Å²) in [7, 11) is 1.89. The van der Waals surface area contributed by atoms with Crippen molar-refractivity contribution >= 4 is 5.91 Å². The molecule has 3 aromatic rings. The maximum Gasteiger partial charge on any atom is 0.270 e. The Morgan fingerprint density at radius 3 is 2.48 bits per heavy atom. The van der Waals surface area contributed by atoms with Crippen LogP contribution in [0.15, 0.2) is 55.0 Å². The summed E-state index contributed by atoms with van der Waals surface area (Å²) in [6.07, 6.45) is 10.4. The van der Waals surface area contributed by atoms with Crippen LogP contribution in [-0.4, -0.2) is 38.9 Å². The van der Waals surface area contributed by atoms with E-state index in [9.17, 15) is 4.79 Å². The van der Waals surface area contributed by atoms with Crippen LogP contribution >= 0.6 is 0 Å². The monoisotopic (exact) mass is 388 g/mol. The maximum absolute atomic E-state index is 13.0. The van der Waals surface area contributed by atoms with Crippen LogP contribution in [0.3, 0.4) is 0 Å². The van der Waals surface area contributed by atoms with Crippen LogP contribution in [0.5, 0.6) is 0 Å². The second-order valence-corrected chi connectivity index (χ2v) is 7.95. The highest BCUT2D eigenvalue weighted by atomic mass is 16.2. The van der Waals surface area contributed by atoms with Gasteiger partial charge in [0.05, 0.1) is 0 Å². The third kappa shape index (κ3) is 4.56. The van der Waals surface area contributed by atoms with Crippen molar-refractivity contribution in [2.75, 3.05) is 13.6 Å². The van der Waals surface area contributed by atoms with Crippen LogP contribution in [0.1, 0.15) is 43.1 Å². The van der Waals surface area contributed by atoms with E-state index in [1.807, 2.05) is 60.7 Å². The smallest absolute Gasteiger partial charge is 0.270 e. The van der Waals surface area contributed by atoms with Gasteiger partial charge in [0.2, 0.25) is 0 Å². The molecule has 1 aliphatic carbocycles. The lowest BCUT2D eigenvalue weighted by Gasteiger charge is -2.18. The summed E-state index contributed by atoms with van der Waals surface area (Å²) in [5.41, 5.74) is 3.69. The normalized spacial score (nSPS) is 13.4. The zero-order chi connectivity index (χ0) is 20.2. The highest BCUT2D eigenvalue weighted by Crippen LogP contribution is 2.33. The van der Waals surface area contributed by atoms with E-state index in [1.54, 1.807) is 0 Å². The van der Waals surface area contributed by atoms with Crippen molar-refractivity contribution in [1.29, 1.82) is 0 Å². The van der Waals surface area contributed by atoms with Gasteiger partial charge >= 0.3 is 0 Å². The van der Waals surface area contributed by atoms with E-state index in [0.29, 0.717) is 11.7 Å². The molecule has 0 radical (unpaired) electrons. The number of unbranched alkanes of at least 4 members (excludes halogenated alkanes) is 1. The predicted molar refractivity (Wildman–Crippen MR) is 115 cm³/mol. The quantitative estimate of drug-likeness (QED) is 0.552. The van der Waals surface area contributed by atoms with Gasteiger partial charge in [0.25, 0.3) is 5.91 Å². The fourth-order valence-corrected chi connectivity index (χ4v) is 3.48. The maximum atomic E-state index is 13.0. The number of amides is 1. The standard InChI is InChI=1S/C24H28N4O/c1-3-4-12-27(2)24(29)22-13-20(17-28(22)16-18-10-11-18)21-14-25-23(26-15-21)19-8-6-5-7-9-19/h5-9,13-15,17-18H,3-4,10-12,16H2,1-2H3. The first-order valence-corrected chi connectivity index (χ1v) is 10.5. The van der Waals surface area contributed by atoms with Crippen molar-refractivity contribution in [3.63, 3.8) is 0 Å². The van der Waals surface area contributed by atoms with Crippen LogP contribution in [-0.2, 0) is 6.54 Å². The Kier molecular flexibility index (Phi) is 5.74. The van der Waals surface area contributed by atoms with Crippen LogP contribution in [0.2, 0.25) is 0 Å². The lowest BCUT2D eigenvalue weighted by atomic mass is 10.1. The number of carbonyl (C=O) groups excluding carboxylic acids is 1. The minimum atomic E-state index is 0.0900. The van der Waals surface area contributed by atoms with Gasteiger partial charge in [0.15, 0.2) is 5.82 Å². The first-order chi connectivity index (χ1) is 14.2. The molecule has 1 aromatic carbocycles. The molecule has 0 saturated heterocycles. The number of nitrogens with zero attached hydrogens (tertiary/aromatic N) is 4. The van der Waals surface area contributed by atoms with E-state index < -0.39 is 0 Å². The van der Waals surface area contributed by atoms with Gasteiger partial charge in [-0.25, -0.2) is 9.97 Å². The number of carbonyl (C=O) groups is 1. The lowest BCUT2D eigenvalue weighted by molar-refractivity contribution is 0.0782. The summed E-state index contributed by atoms with van der Waals surface area (Å²) >= 11 is 0. The molecular weight excluding hydrogens is 360 g/mol. The molecule has 0 atom stereocenters. The molecule has 0 aliphatic heterocycles. The molecule has 0 spiro atoms. The van der Waals surface area contributed by atoms with Crippen LogP contribution in [0, 0.1) is 5.92 Å². The second-order valence-electron chi connectivity index (χ2n) is 7.95. The molecule has 1 saturated carbocycles. The number of rotatable bonds is 8. The Hall–Kier alpha value is -2.95. The number of benzene rings is 1. The third-order valence-corrected chi connectivity index (χ3v) is 5.48. The van der Waals surface area contributed by atoms with E-state index in [1.165, 1.54) is 12.8 Å². The van der Waals surface area contributed by atoms with E-state index in [0.717, 1.165) is 48.3 Å². The highest BCUT2D eigenvalue weighted by Gasteiger charge is 2.25. The molecule has 1 aliphatic rings. The average Bonchev–Trinajstić information content (AvgIpc) is 3.49. The SMILES string of the molecule is CCCCN(C)C(=O)c1cc(-c2cnc(-c3ccccc3)nc2)cn1CC1CC1. The average molecular weight is 389 g/mol. The summed E-state index contributed by atoms with van der Waals surface area (Å²) in [6.45, 7) is 3.84. The van der Waals surface area contributed by atoms with Crippen LogP contribution < -0.4 is 0 Å². The summed E-state index contributed by atoms with van der Waals surface area (Å²) < 4.78 is 2.13. The molecule has 1 fully saturated rings. The van der Waals surface area contributed by atoms with Gasteiger partial charge < -0.3 is 9.47 Å². The van der Waals surface area contributed by atoms with E-state index in [2.05, 4.69) is 27.7 Å². The second kappa shape index (κ2) is 8.60. The summed E-state index contributed by atoms with van der Waals surface area (Å²) in [6, 6.07) is 12.0.